The maximum absolute atomic E-state index is 9.37. The zero-order chi connectivity index (χ0) is 14.7. The van der Waals surface area contributed by atoms with Crippen molar-refractivity contribution in [3.05, 3.63) is 46.1 Å². The van der Waals surface area contributed by atoms with Gasteiger partial charge in [-0.2, -0.15) is 16.6 Å². The first-order chi connectivity index (χ1) is 10.3. The first-order valence-electron chi connectivity index (χ1n) is 6.80. The van der Waals surface area contributed by atoms with Crippen molar-refractivity contribution in [2.75, 3.05) is 26.3 Å². The molecule has 5 nitrogen and oxygen atoms in total. The lowest BCUT2D eigenvalue weighted by molar-refractivity contribution is 0.0527. The van der Waals surface area contributed by atoms with Gasteiger partial charge in [0.15, 0.2) is 5.82 Å². The summed E-state index contributed by atoms with van der Waals surface area (Å²) in [5.41, 5.74) is 2.35. The lowest BCUT2D eigenvalue weighted by atomic mass is 10.1. The fourth-order valence-corrected chi connectivity index (χ4v) is 3.04. The van der Waals surface area contributed by atoms with Gasteiger partial charge in [0.1, 0.15) is 17.5 Å². The van der Waals surface area contributed by atoms with Crippen LogP contribution in [0.3, 0.4) is 0 Å². The topological polar surface area (TPSA) is 60.6 Å². The molecule has 21 heavy (non-hydrogen) atoms. The second-order valence-corrected chi connectivity index (χ2v) is 5.66. The normalized spacial score (nSPS) is 19.1. The van der Waals surface area contributed by atoms with Crippen molar-refractivity contribution in [2.45, 2.75) is 6.42 Å². The number of nitrogens with one attached hydrogen (secondary N) is 1. The summed E-state index contributed by atoms with van der Waals surface area (Å²) in [5.74, 6) is 1.55. The summed E-state index contributed by atoms with van der Waals surface area (Å²) < 4.78 is 5.37. The van der Waals surface area contributed by atoms with E-state index in [4.69, 9.17) is 4.74 Å². The number of thiophene rings is 1. The van der Waals surface area contributed by atoms with Crippen molar-refractivity contribution in [1.29, 1.82) is 5.26 Å². The Morgan fingerprint density at radius 1 is 1.48 bits per heavy atom. The highest BCUT2D eigenvalue weighted by atomic mass is 32.1. The van der Waals surface area contributed by atoms with Crippen LogP contribution in [0.25, 0.3) is 0 Å². The van der Waals surface area contributed by atoms with Crippen LogP contribution in [-0.4, -0.2) is 37.0 Å². The molecule has 0 aliphatic carbocycles. The minimum Gasteiger partial charge on any atom is -0.378 e. The van der Waals surface area contributed by atoms with Crippen LogP contribution in [-0.2, 0) is 11.2 Å². The highest BCUT2D eigenvalue weighted by Crippen LogP contribution is 2.22. The predicted molar refractivity (Wildman–Crippen MR) is 82.8 cm³/mol. The van der Waals surface area contributed by atoms with Crippen LogP contribution < -0.4 is 5.32 Å². The number of nitrogens with zero attached hydrogens (tertiary/aromatic N) is 3. The Bertz CT molecular complexity index is 633. The second-order valence-electron chi connectivity index (χ2n) is 4.88. The molecule has 1 N–H and O–H groups in total. The third-order valence-corrected chi connectivity index (χ3v) is 4.17. The van der Waals surface area contributed by atoms with Crippen molar-refractivity contribution < 1.29 is 4.74 Å². The summed E-state index contributed by atoms with van der Waals surface area (Å²) in [4.78, 5) is 6.76. The molecule has 0 atom stereocenters. The van der Waals surface area contributed by atoms with Gasteiger partial charge >= 0.3 is 0 Å². The number of rotatable bonds is 3. The van der Waals surface area contributed by atoms with Crippen LogP contribution in [0, 0.1) is 11.3 Å². The molecule has 1 fully saturated rings. The molecule has 108 valence electrons. The summed E-state index contributed by atoms with van der Waals surface area (Å²) in [6.07, 6.45) is 0.717. The monoisotopic (exact) mass is 300 g/mol. The minimum absolute atomic E-state index is 0.519. The van der Waals surface area contributed by atoms with Crippen LogP contribution >= 0.6 is 11.3 Å². The molecule has 0 amide bonds. The second kappa shape index (κ2) is 6.12. The standard InChI is InChI=1S/C15H16N4OS/c1-11-13(9-16)15(19-3-5-20-6-4-19)18-14(17-11)8-12-2-7-21-10-12/h2,7,10H,1,3-6,8H2,(H,17,18). The number of nitriles is 1. The molecule has 1 aromatic heterocycles. The number of ether oxygens (including phenoxy) is 1. The SMILES string of the molecule is C=C1NC(Cc2ccsc2)=NC(N2CCOCC2)=C1C#N. The Kier molecular flexibility index (Phi) is 4.04. The average Bonchev–Trinajstić information content (AvgIpc) is 3.00. The Balaban J connectivity index is 1.89. The van der Waals surface area contributed by atoms with Gasteiger partial charge < -0.3 is 15.0 Å². The van der Waals surface area contributed by atoms with Gasteiger partial charge in [0, 0.05) is 19.5 Å². The smallest absolute Gasteiger partial charge is 0.150 e. The molecule has 2 aliphatic rings. The fraction of sp³-hybridized carbons (Fsp3) is 0.333. The number of hydrogen-bond acceptors (Lipinski definition) is 6. The highest BCUT2D eigenvalue weighted by molar-refractivity contribution is 7.08. The van der Waals surface area contributed by atoms with Crippen molar-refractivity contribution in [1.82, 2.24) is 10.2 Å². The third kappa shape index (κ3) is 2.99. The molecule has 0 bridgehead atoms. The Labute approximate surface area is 127 Å². The molecule has 1 saturated heterocycles. The lowest BCUT2D eigenvalue weighted by Crippen LogP contribution is -2.39. The van der Waals surface area contributed by atoms with Crippen molar-refractivity contribution >= 4 is 17.2 Å². The van der Waals surface area contributed by atoms with Crippen LogP contribution in [0.1, 0.15) is 5.56 Å². The summed E-state index contributed by atoms with van der Waals surface area (Å²) in [5, 5.41) is 16.7. The van der Waals surface area contributed by atoms with Crippen molar-refractivity contribution in [2.24, 2.45) is 4.99 Å². The van der Waals surface area contributed by atoms with E-state index in [1.165, 1.54) is 5.56 Å². The summed E-state index contributed by atoms with van der Waals surface area (Å²) >= 11 is 1.67. The van der Waals surface area contributed by atoms with E-state index in [0.717, 1.165) is 31.2 Å². The maximum Gasteiger partial charge on any atom is 0.150 e. The molecule has 0 aromatic carbocycles. The van der Waals surface area contributed by atoms with E-state index in [2.05, 4.69) is 39.3 Å². The van der Waals surface area contributed by atoms with E-state index in [-0.39, 0.29) is 0 Å². The number of allylic oxidation sites excluding steroid dienone is 1. The molecule has 1 aromatic rings. The van der Waals surface area contributed by atoms with Gasteiger partial charge in [-0.15, -0.1) is 0 Å². The fourth-order valence-electron chi connectivity index (χ4n) is 2.38. The van der Waals surface area contributed by atoms with Crippen LogP contribution in [0.2, 0.25) is 0 Å². The van der Waals surface area contributed by atoms with E-state index in [9.17, 15) is 5.26 Å². The van der Waals surface area contributed by atoms with Gasteiger partial charge in [-0.3, -0.25) is 0 Å². The van der Waals surface area contributed by atoms with Gasteiger partial charge in [-0.25, -0.2) is 4.99 Å². The molecule has 6 heteroatoms. The molecular weight excluding hydrogens is 284 g/mol. The molecule has 3 heterocycles. The lowest BCUT2D eigenvalue weighted by Gasteiger charge is -2.32. The summed E-state index contributed by atoms with van der Waals surface area (Å²) in [7, 11) is 0. The van der Waals surface area contributed by atoms with E-state index in [0.29, 0.717) is 24.5 Å². The summed E-state index contributed by atoms with van der Waals surface area (Å²) in [6, 6.07) is 4.29. The van der Waals surface area contributed by atoms with Gasteiger partial charge in [-0.05, 0) is 22.4 Å². The van der Waals surface area contributed by atoms with Crippen molar-refractivity contribution in [3.63, 3.8) is 0 Å². The van der Waals surface area contributed by atoms with Crippen LogP contribution in [0.15, 0.2) is 45.5 Å². The van der Waals surface area contributed by atoms with E-state index in [1.54, 1.807) is 11.3 Å². The van der Waals surface area contributed by atoms with Crippen LogP contribution in [0.4, 0.5) is 0 Å². The largest absolute Gasteiger partial charge is 0.378 e. The van der Waals surface area contributed by atoms with Gasteiger partial charge in [0.2, 0.25) is 0 Å². The Hall–Kier alpha value is -2.10. The first kappa shape index (κ1) is 13.9. The van der Waals surface area contributed by atoms with Crippen molar-refractivity contribution in [3.8, 4) is 6.07 Å². The summed E-state index contributed by atoms with van der Waals surface area (Å²) in [6.45, 7) is 6.80. The molecule has 0 spiro atoms. The first-order valence-corrected chi connectivity index (χ1v) is 7.74. The van der Waals surface area contributed by atoms with Crippen LogP contribution in [0.5, 0.6) is 0 Å². The zero-order valence-corrected chi connectivity index (χ0v) is 12.4. The Morgan fingerprint density at radius 2 is 2.29 bits per heavy atom. The molecule has 0 saturated carbocycles. The van der Waals surface area contributed by atoms with E-state index >= 15 is 0 Å². The number of hydrogen-bond donors (Lipinski definition) is 1. The number of aliphatic imine (C=N–C) groups is 1. The van der Waals surface area contributed by atoms with Gasteiger partial charge in [-0.1, -0.05) is 6.58 Å². The highest BCUT2D eigenvalue weighted by Gasteiger charge is 2.24. The predicted octanol–water partition coefficient (Wildman–Crippen LogP) is 1.87. The zero-order valence-electron chi connectivity index (χ0n) is 11.6. The molecule has 0 radical (unpaired) electrons. The Morgan fingerprint density at radius 3 is 2.95 bits per heavy atom. The van der Waals surface area contributed by atoms with E-state index in [1.807, 2.05) is 5.38 Å². The van der Waals surface area contributed by atoms with Gasteiger partial charge in [0.05, 0.1) is 18.9 Å². The van der Waals surface area contributed by atoms with E-state index < -0.39 is 0 Å². The molecule has 3 rings (SSSR count). The number of morpholine rings is 1. The number of amidine groups is 1. The molecular formula is C15H16N4OS. The minimum atomic E-state index is 0.519. The average molecular weight is 300 g/mol. The third-order valence-electron chi connectivity index (χ3n) is 3.44. The molecule has 0 unspecified atom stereocenters. The van der Waals surface area contributed by atoms with Gasteiger partial charge in [0.25, 0.3) is 0 Å². The maximum atomic E-state index is 9.37. The quantitative estimate of drug-likeness (QED) is 0.926. The molecule has 2 aliphatic heterocycles.